The van der Waals surface area contributed by atoms with Crippen LogP contribution in [0.3, 0.4) is 0 Å². The van der Waals surface area contributed by atoms with Gasteiger partial charge in [-0.1, -0.05) is 42.3 Å². The van der Waals surface area contributed by atoms with Crippen molar-refractivity contribution in [3.05, 3.63) is 93.9 Å². The van der Waals surface area contributed by atoms with Crippen LogP contribution in [0.4, 0.5) is 5.69 Å². The summed E-state index contributed by atoms with van der Waals surface area (Å²) in [5, 5.41) is 1.31. The van der Waals surface area contributed by atoms with Crippen LogP contribution in [0.15, 0.2) is 66.9 Å². The number of hydrogen-bond acceptors (Lipinski definition) is 4. The number of rotatable bonds is 8. The number of Topliss-reactive ketones (excluding diaryl/α,β-unsaturated/α-hetero) is 1. The zero-order valence-electron chi connectivity index (χ0n) is 20.3. The molecular formula is C29H29Cl2N3O2. The highest BCUT2D eigenvalue weighted by Gasteiger charge is 2.21. The summed E-state index contributed by atoms with van der Waals surface area (Å²) in [6.45, 7) is 3.92. The number of aromatic nitrogens is 2. The van der Waals surface area contributed by atoms with Gasteiger partial charge in [0.05, 0.1) is 10.7 Å². The number of aryl methyl sites for hydroxylation is 2. The number of ketones is 1. The summed E-state index contributed by atoms with van der Waals surface area (Å²) < 4.78 is 7.94. The van der Waals surface area contributed by atoms with Crippen LogP contribution in [0, 0.1) is 0 Å². The molecule has 1 fully saturated rings. The van der Waals surface area contributed by atoms with E-state index in [1.54, 1.807) is 12.3 Å². The van der Waals surface area contributed by atoms with Gasteiger partial charge in [0.2, 0.25) is 0 Å². The lowest BCUT2D eigenvalue weighted by Crippen LogP contribution is -2.38. The largest absolute Gasteiger partial charge is 0.490 e. The van der Waals surface area contributed by atoms with E-state index in [-0.39, 0.29) is 11.9 Å². The van der Waals surface area contributed by atoms with E-state index in [4.69, 9.17) is 27.9 Å². The molecule has 0 radical (unpaired) electrons. The molecule has 1 saturated heterocycles. The number of imidazole rings is 1. The van der Waals surface area contributed by atoms with Crippen LogP contribution in [0.1, 0.15) is 47.9 Å². The van der Waals surface area contributed by atoms with E-state index in [0.29, 0.717) is 30.0 Å². The topological polar surface area (TPSA) is 46.8 Å². The van der Waals surface area contributed by atoms with E-state index in [2.05, 4.69) is 34.1 Å². The number of hydrogen-bond donors (Lipinski definition) is 0. The summed E-state index contributed by atoms with van der Waals surface area (Å²) in [6, 6.07) is 19.8. The monoisotopic (exact) mass is 521 g/mol. The average Bonchev–Trinajstić information content (AvgIpc) is 3.27. The summed E-state index contributed by atoms with van der Waals surface area (Å²) in [6.07, 6.45) is 5.76. The molecule has 0 N–H and O–H groups in total. The predicted molar refractivity (Wildman–Crippen MR) is 146 cm³/mol. The van der Waals surface area contributed by atoms with Gasteiger partial charge < -0.3 is 9.64 Å². The Morgan fingerprint density at radius 1 is 0.972 bits per heavy atom. The first kappa shape index (κ1) is 24.7. The van der Waals surface area contributed by atoms with Gasteiger partial charge in [0, 0.05) is 49.3 Å². The van der Waals surface area contributed by atoms with Crippen molar-refractivity contribution in [2.75, 3.05) is 18.0 Å². The molecule has 0 amide bonds. The third-order valence-electron chi connectivity index (χ3n) is 6.75. The summed E-state index contributed by atoms with van der Waals surface area (Å²) in [5.41, 5.74) is 4.58. The first-order chi connectivity index (χ1) is 17.5. The summed E-state index contributed by atoms with van der Waals surface area (Å²) in [7, 11) is 0. The molecule has 0 saturated carbocycles. The lowest BCUT2D eigenvalue weighted by atomic mass is 10.0. The van der Waals surface area contributed by atoms with Crippen LogP contribution in [0.2, 0.25) is 10.0 Å². The zero-order valence-corrected chi connectivity index (χ0v) is 21.8. The zero-order chi connectivity index (χ0) is 25.1. The molecular weight excluding hydrogens is 493 g/mol. The van der Waals surface area contributed by atoms with Gasteiger partial charge in [-0.15, -0.1) is 0 Å². The first-order valence-corrected chi connectivity index (χ1v) is 13.2. The molecule has 4 aromatic rings. The molecule has 186 valence electrons. The van der Waals surface area contributed by atoms with E-state index in [0.717, 1.165) is 53.6 Å². The van der Waals surface area contributed by atoms with Crippen LogP contribution in [0.25, 0.3) is 5.65 Å². The van der Waals surface area contributed by atoms with E-state index < -0.39 is 0 Å². The number of ether oxygens (including phenoxy) is 1. The molecule has 0 atom stereocenters. The maximum atomic E-state index is 13.1. The molecule has 36 heavy (non-hydrogen) atoms. The van der Waals surface area contributed by atoms with Crippen molar-refractivity contribution < 1.29 is 9.53 Å². The van der Waals surface area contributed by atoms with E-state index in [9.17, 15) is 4.79 Å². The third kappa shape index (κ3) is 5.53. The highest BCUT2D eigenvalue weighted by molar-refractivity contribution is 6.30. The van der Waals surface area contributed by atoms with Gasteiger partial charge in [0.25, 0.3) is 0 Å². The lowest BCUT2D eigenvalue weighted by molar-refractivity contribution is 0.0976. The Kier molecular flexibility index (Phi) is 7.49. The molecule has 2 aromatic carbocycles. The van der Waals surface area contributed by atoms with Gasteiger partial charge in [-0.25, -0.2) is 4.98 Å². The number of halogens is 2. The smallest absolute Gasteiger partial charge is 0.181 e. The van der Waals surface area contributed by atoms with Gasteiger partial charge in [-0.3, -0.25) is 9.20 Å². The Balaban J connectivity index is 1.16. The second-order valence-corrected chi connectivity index (χ2v) is 10.1. The molecule has 5 rings (SSSR count). The maximum Gasteiger partial charge on any atom is 0.181 e. The number of carbonyl (C=O) groups is 1. The van der Waals surface area contributed by atoms with Crippen molar-refractivity contribution in [1.82, 2.24) is 9.38 Å². The Labute approximate surface area is 221 Å². The molecule has 2 aromatic heterocycles. The molecule has 7 heteroatoms. The number of pyridine rings is 1. The van der Waals surface area contributed by atoms with Gasteiger partial charge in [0.1, 0.15) is 23.2 Å². The molecule has 0 aliphatic carbocycles. The molecule has 0 unspecified atom stereocenters. The van der Waals surface area contributed by atoms with E-state index in [1.165, 1.54) is 5.69 Å². The average molecular weight is 522 g/mol. The summed E-state index contributed by atoms with van der Waals surface area (Å²) >= 11 is 12.1. The number of benzene rings is 2. The second-order valence-electron chi connectivity index (χ2n) is 9.18. The predicted octanol–water partition coefficient (Wildman–Crippen LogP) is 7.07. The number of carbonyl (C=O) groups excluding carboxylic acids is 1. The molecule has 0 bridgehead atoms. The van der Waals surface area contributed by atoms with Crippen molar-refractivity contribution >= 4 is 40.3 Å². The molecule has 1 aliphatic rings. The van der Waals surface area contributed by atoms with Crippen molar-refractivity contribution in [2.45, 2.75) is 45.1 Å². The lowest BCUT2D eigenvalue weighted by Gasteiger charge is -2.33. The van der Waals surface area contributed by atoms with Crippen molar-refractivity contribution in [2.24, 2.45) is 0 Å². The fraction of sp³-hybridized carbons (Fsp3) is 0.310. The van der Waals surface area contributed by atoms with Crippen LogP contribution >= 0.6 is 23.2 Å². The summed E-state index contributed by atoms with van der Waals surface area (Å²) in [5.74, 6) is 0.961. The Bertz CT molecular complexity index is 1340. The number of piperidine rings is 1. The number of anilines is 1. The Hall–Kier alpha value is -3.02. The molecule has 1 aliphatic heterocycles. The van der Waals surface area contributed by atoms with Crippen LogP contribution in [0.5, 0.6) is 5.75 Å². The van der Waals surface area contributed by atoms with Crippen molar-refractivity contribution in [1.29, 1.82) is 0 Å². The Morgan fingerprint density at radius 3 is 2.36 bits per heavy atom. The molecule has 0 spiro atoms. The van der Waals surface area contributed by atoms with Crippen LogP contribution in [-0.2, 0) is 12.8 Å². The fourth-order valence-corrected chi connectivity index (χ4v) is 5.08. The van der Waals surface area contributed by atoms with Crippen molar-refractivity contribution in [3.63, 3.8) is 0 Å². The fourth-order valence-electron chi connectivity index (χ4n) is 4.80. The van der Waals surface area contributed by atoms with Crippen LogP contribution in [-0.4, -0.2) is 34.4 Å². The first-order valence-electron chi connectivity index (χ1n) is 12.5. The van der Waals surface area contributed by atoms with Crippen molar-refractivity contribution in [3.8, 4) is 5.75 Å². The van der Waals surface area contributed by atoms with Gasteiger partial charge in [0.15, 0.2) is 5.78 Å². The van der Waals surface area contributed by atoms with Gasteiger partial charge in [-0.05, 0) is 66.9 Å². The maximum absolute atomic E-state index is 13.1. The highest BCUT2D eigenvalue weighted by atomic mass is 35.5. The van der Waals surface area contributed by atoms with Gasteiger partial charge >= 0.3 is 0 Å². The van der Waals surface area contributed by atoms with E-state index >= 15 is 0 Å². The molecule has 5 nitrogen and oxygen atoms in total. The minimum absolute atomic E-state index is 0.0912. The second kappa shape index (κ2) is 10.9. The molecule has 3 heterocycles. The third-order valence-corrected chi connectivity index (χ3v) is 7.23. The highest BCUT2D eigenvalue weighted by Crippen LogP contribution is 2.25. The summed E-state index contributed by atoms with van der Waals surface area (Å²) in [4.78, 5) is 20.1. The number of fused-ring (bicyclic) bond motifs is 1. The van der Waals surface area contributed by atoms with Crippen LogP contribution < -0.4 is 9.64 Å². The van der Waals surface area contributed by atoms with E-state index in [1.807, 2.05) is 41.7 Å². The SMILES string of the molecule is CCc1nc2ccc(Cl)cn2c1C(=O)CCc1ccc(N2CCC(Oc3ccc(Cl)cc3)CC2)cc1. The quantitative estimate of drug-likeness (QED) is 0.232. The normalized spacial score (nSPS) is 14.4. The minimum atomic E-state index is 0.0912. The number of nitrogens with zero attached hydrogens (tertiary/aromatic N) is 3. The standard InChI is InChI=1S/C29H29Cl2N3O2/c1-2-26-29(34-19-22(31)8-14-28(34)32-26)27(35)13-5-20-3-9-23(10-4-20)33-17-15-25(16-18-33)36-24-11-6-21(30)7-12-24/h3-4,6-12,14,19,25H,2,5,13,15-18H2,1H3. The minimum Gasteiger partial charge on any atom is -0.490 e. The Morgan fingerprint density at radius 2 is 1.67 bits per heavy atom. The van der Waals surface area contributed by atoms with Gasteiger partial charge in [-0.2, -0.15) is 0 Å².